The monoisotopic (exact) mass is 196 g/mol. The summed E-state index contributed by atoms with van der Waals surface area (Å²) >= 11 is 1.33. The molecule has 5 nitrogen and oxygen atoms in total. The first-order chi connectivity index (χ1) is 6.20. The fraction of sp³-hybridized carbons (Fsp3) is 0.286. The molecule has 13 heavy (non-hydrogen) atoms. The van der Waals surface area contributed by atoms with Crippen LogP contribution in [0, 0.1) is 6.92 Å². The summed E-state index contributed by atoms with van der Waals surface area (Å²) in [6.45, 7) is 1.80. The zero-order chi connectivity index (χ0) is 9.42. The second-order valence-corrected chi connectivity index (χ2v) is 3.50. The van der Waals surface area contributed by atoms with Gasteiger partial charge in [0.25, 0.3) is 0 Å². The van der Waals surface area contributed by atoms with Gasteiger partial charge in [-0.2, -0.15) is 4.98 Å². The van der Waals surface area contributed by atoms with E-state index < -0.39 is 0 Å². The Hall–Kier alpha value is -1.43. The fourth-order valence-corrected chi connectivity index (χ4v) is 1.80. The molecule has 0 amide bonds. The standard InChI is InChI=1S/C7H8N4OS/c1-3-9-5(12-2)4-6(10-3)13-7(8)11-4/h1-2H3,(H2,8,11). The van der Waals surface area contributed by atoms with Gasteiger partial charge in [0.05, 0.1) is 7.11 Å². The molecule has 0 unspecified atom stereocenters. The van der Waals surface area contributed by atoms with Crippen LogP contribution in [0.15, 0.2) is 0 Å². The molecular weight excluding hydrogens is 188 g/mol. The van der Waals surface area contributed by atoms with Crippen molar-refractivity contribution in [3.8, 4) is 5.88 Å². The summed E-state index contributed by atoms with van der Waals surface area (Å²) in [5.74, 6) is 1.14. The molecule has 2 N–H and O–H groups in total. The van der Waals surface area contributed by atoms with Crippen LogP contribution in [0.4, 0.5) is 5.13 Å². The summed E-state index contributed by atoms with van der Waals surface area (Å²) in [4.78, 5) is 13.1. The van der Waals surface area contributed by atoms with Crippen LogP contribution in [0.2, 0.25) is 0 Å². The number of aromatic nitrogens is 3. The number of hydrogen-bond acceptors (Lipinski definition) is 6. The van der Waals surface area contributed by atoms with Crippen LogP contribution in [0.1, 0.15) is 5.82 Å². The SMILES string of the molecule is COc1nc(C)nc2sc(N)nc12. The van der Waals surface area contributed by atoms with Crippen molar-refractivity contribution in [2.75, 3.05) is 12.8 Å². The highest BCUT2D eigenvalue weighted by Gasteiger charge is 2.10. The molecule has 6 heteroatoms. The molecule has 0 atom stereocenters. The van der Waals surface area contributed by atoms with E-state index in [4.69, 9.17) is 10.5 Å². The average molecular weight is 196 g/mol. The lowest BCUT2D eigenvalue weighted by atomic mass is 10.5. The zero-order valence-corrected chi connectivity index (χ0v) is 8.05. The van der Waals surface area contributed by atoms with Crippen LogP contribution in [-0.2, 0) is 0 Å². The van der Waals surface area contributed by atoms with Crippen molar-refractivity contribution >= 4 is 26.8 Å². The second kappa shape index (κ2) is 2.81. The third-order valence-corrected chi connectivity index (χ3v) is 2.33. The van der Waals surface area contributed by atoms with Gasteiger partial charge in [-0.15, -0.1) is 0 Å². The maximum atomic E-state index is 5.55. The molecule has 0 aromatic carbocycles. The predicted molar refractivity (Wildman–Crippen MR) is 50.9 cm³/mol. The third kappa shape index (κ3) is 1.29. The van der Waals surface area contributed by atoms with E-state index in [-0.39, 0.29) is 0 Å². The van der Waals surface area contributed by atoms with Gasteiger partial charge in [-0.05, 0) is 6.92 Å². The number of nitrogens with zero attached hydrogens (tertiary/aromatic N) is 3. The van der Waals surface area contributed by atoms with Gasteiger partial charge in [0, 0.05) is 0 Å². The van der Waals surface area contributed by atoms with Crippen LogP contribution in [-0.4, -0.2) is 22.1 Å². The number of fused-ring (bicyclic) bond motifs is 1. The van der Waals surface area contributed by atoms with Crippen molar-refractivity contribution < 1.29 is 4.74 Å². The Kier molecular flexibility index (Phi) is 1.77. The number of nitrogens with two attached hydrogens (primary N) is 1. The highest BCUT2D eigenvalue weighted by molar-refractivity contribution is 7.21. The molecule has 2 rings (SSSR count). The van der Waals surface area contributed by atoms with E-state index in [2.05, 4.69) is 15.0 Å². The Morgan fingerprint density at radius 1 is 1.31 bits per heavy atom. The van der Waals surface area contributed by atoms with Crippen LogP contribution in [0.5, 0.6) is 5.88 Å². The Morgan fingerprint density at radius 3 is 2.77 bits per heavy atom. The molecule has 0 saturated carbocycles. The van der Waals surface area contributed by atoms with Crippen LogP contribution < -0.4 is 10.5 Å². The van der Waals surface area contributed by atoms with E-state index >= 15 is 0 Å². The molecule has 2 heterocycles. The number of anilines is 1. The summed E-state index contributed by atoms with van der Waals surface area (Å²) in [7, 11) is 1.55. The predicted octanol–water partition coefficient (Wildman–Crippen LogP) is 0.986. The maximum Gasteiger partial charge on any atom is 0.244 e. The fourth-order valence-electron chi connectivity index (χ4n) is 1.06. The lowest BCUT2D eigenvalue weighted by Gasteiger charge is -1.98. The molecular formula is C7H8N4OS. The Balaban J connectivity index is 2.80. The van der Waals surface area contributed by atoms with Gasteiger partial charge in [0.1, 0.15) is 5.82 Å². The Morgan fingerprint density at radius 2 is 2.08 bits per heavy atom. The molecule has 0 fully saturated rings. The lowest BCUT2D eigenvalue weighted by molar-refractivity contribution is 0.400. The molecule has 0 bridgehead atoms. The first kappa shape index (κ1) is 8.18. The molecule has 0 aliphatic heterocycles. The molecule has 0 saturated heterocycles. The topological polar surface area (TPSA) is 73.9 Å². The van der Waals surface area contributed by atoms with E-state index in [1.165, 1.54) is 11.3 Å². The molecule has 0 aliphatic rings. The highest BCUT2D eigenvalue weighted by atomic mass is 32.1. The minimum Gasteiger partial charge on any atom is -0.479 e. The summed E-state index contributed by atoms with van der Waals surface area (Å²) in [5.41, 5.74) is 6.18. The quantitative estimate of drug-likeness (QED) is 0.736. The number of rotatable bonds is 1. The minimum absolute atomic E-state index is 0.480. The van der Waals surface area contributed by atoms with Crippen LogP contribution in [0.25, 0.3) is 10.3 Å². The van der Waals surface area contributed by atoms with E-state index in [0.717, 1.165) is 4.83 Å². The van der Waals surface area contributed by atoms with E-state index in [1.807, 2.05) is 0 Å². The van der Waals surface area contributed by atoms with Crippen molar-refractivity contribution in [2.24, 2.45) is 0 Å². The van der Waals surface area contributed by atoms with Crippen molar-refractivity contribution in [1.29, 1.82) is 0 Å². The highest BCUT2D eigenvalue weighted by Crippen LogP contribution is 2.27. The number of hydrogen-bond donors (Lipinski definition) is 1. The largest absolute Gasteiger partial charge is 0.479 e. The second-order valence-electron chi connectivity index (χ2n) is 2.49. The first-order valence-corrected chi connectivity index (χ1v) is 4.47. The number of aryl methyl sites for hydroxylation is 1. The van der Waals surface area contributed by atoms with Gasteiger partial charge in [0.15, 0.2) is 15.5 Å². The van der Waals surface area contributed by atoms with Gasteiger partial charge in [-0.3, -0.25) is 0 Å². The molecule has 0 spiro atoms. The smallest absolute Gasteiger partial charge is 0.244 e. The number of ether oxygens (including phenoxy) is 1. The Bertz CT molecular complexity index is 453. The number of nitrogen functional groups attached to an aromatic ring is 1. The van der Waals surface area contributed by atoms with Gasteiger partial charge in [0.2, 0.25) is 5.88 Å². The zero-order valence-electron chi connectivity index (χ0n) is 7.24. The molecule has 2 aromatic rings. The van der Waals surface area contributed by atoms with E-state index in [0.29, 0.717) is 22.4 Å². The third-order valence-electron chi connectivity index (χ3n) is 1.55. The molecule has 0 radical (unpaired) electrons. The van der Waals surface area contributed by atoms with Crippen molar-refractivity contribution in [3.63, 3.8) is 0 Å². The summed E-state index contributed by atoms with van der Waals surface area (Å²) in [6.07, 6.45) is 0. The van der Waals surface area contributed by atoms with Crippen LogP contribution in [0.3, 0.4) is 0 Å². The summed E-state index contributed by atoms with van der Waals surface area (Å²) in [5, 5.41) is 0.480. The summed E-state index contributed by atoms with van der Waals surface area (Å²) < 4.78 is 5.06. The van der Waals surface area contributed by atoms with Crippen molar-refractivity contribution in [1.82, 2.24) is 15.0 Å². The number of thiazole rings is 1. The van der Waals surface area contributed by atoms with Crippen LogP contribution >= 0.6 is 11.3 Å². The van der Waals surface area contributed by atoms with E-state index in [1.54, 1.807) is 14.0 Å². The van der Waals surface area contributed by atoms with Crippen molar-refractivity contribution in [2.45, 2.75) is 6.92 Å². The Labute approximate surface area is 78.6 Å². The minimum atomic E-state index is 0.480. The summed E-state index contributed by atoms with van der Waals surface area (Å²) in [6, 6.07) is 0. The molecule has 0 aliphatic carbocycles. The molecule has 68 valence electrons. The molecule has 2 aromatic heterocycles. The van der Waals surface area contributed by atoms with Gasteiger partial charge >= 0.3 is 0 Å². The lowest BCUT2D eigenvalue weighted by Crippen LogP contribution is -1.93. The van der Waals surface area contributed by atoms with Gasteiger partial charge in [-0.25, -0.2) is 9.97 Å². The maximum absolute atomic E-state index is 5.55. The average Bonchev–Trinajstić information content (AvgIpc) is 2.43. The van der Waals surface area contributed by atoms with E-state index in [9.17, 15) is 0 Å². The normalized spacial score (nSPS) is 10.6. The van der Waals surface area contributed by atoms with Crippen molar-refractivity contribution in [3.05, 3.63) is 5.82 Å². The van der Waals surface area contributed by atoms with Gasteiger partial charge < -0.3 is 10.5 Å². The van der Waals surface area contributed by atoms with Gasteiger partial charge in [-0.1, -0.05) is 11.3 Å². The number of methoxy groups -OCH3 is 1. The first-order valence-electron chi connectivity index (χ1n) is 3.65.